The third-order valence-corrected chi connectivity index (χ3v) is 1.91. The number of hydrogen-bond donors (Lipinski definition) is 1. The van der Waals surface area contributed by atoms with Crippen molar-refractivity contribution in [1.29, 1.82) is 0 Å². The van der Waals surface area contributed by atoms with E-state index in [-0.39, 0.29) is 38.9 Å². The molecule has 0 radical (unpaired) electrons. The first-order valence-electron chi connectivity index (χ1n) is 2.63. The van der Waals surface area contributed by atoms with Crippen LogP contribution in [0.1, 0.15) is 0 Å². The normalized spacial score (nSPS) is 8.69. The maximum Gasteiger partial charge on any atom is 2.00 e. The second-order valence-electron chi connectivity index (χ2n) is 1.79. The second-order valence-corrected chi connectivity index (χ2v) is 3.21. The van der Waals surface area contributed by atoms with E-state index in [1.807, 2.05) is 0 Å². The molecule has 0 atom stereocenters. The molecule has 0 aliphatic rings. The predicted molar refractivity (Wildman–Crippen MR) is 45.9 cm³/mol. The smallest absolute Gasteiger partial charge is 0.870 e. The van der Waals surface area contributed by atoms with Crippen LogP contribution in [0.3, 0.4) is 0 Å². The summed E-state index contributed by atoms with van der Waals surface area (Å²) in [7, 11) is -4.00. The van der Waals surface area contributed by atoms with Gasteiger partial charge in [-0.3, -0.25) is 4.55 Å². The molecule has 0 aliphatic carbocycles. The van der Waals surface area contributed by atoms with E-state index in [0.717, 1.165) is 0 Å². The van der Waals surface area contributed by atoms with Crippen LogP contribution >= 0.6 is 0 Å². The summed E-state index contributed by atoms with van der Waals surface area (Å²) in [5, 5.41) is 0. The van der Waals surface area contributed by atoms with Gasteiger partial charge >= 0.3 is 23.1 Å². The van der Waals surface area contributed by atoms with E-state index < -0.39 is 10.1 Å². The Hall–Kier alpha value is -0.184. The van der Waals surface area contributed by atoms with Gasteiger partial charge in [-0.25, -0.2) is 0 Å². The van der Waals surface area contributed by atoms with Crippen molar-refractivity contribution >= 4 is 33.2 Å². The van der Waals surface area contributed by atoms with Crippen LogP contribution in [0.5, 0.6) is 0 Å². The van der Waals surface area contributed by atoms with Crippen molar-refractivity contribution in [3.05, 3.63) is 30.3 Å². The number of hydrogen-bond acceptors (Lipinski definition) is 4. The average molecular weight is 216 g/mol. The largest absolute Gasteiger partial charge is 2.00 e. The summed E-state index contributed by atoms with van der Waals surface area (Å²) < 4.78 is 29.2. The Bertz CT molecular complexity index is 309. The Morgan fingerprint density at radius 1 is 1.00 bits per heavy atom. The Kier molecular flexibility index (Phi) is 10.3. The van der Waals surface area contributed by atoms with Gasteiger partial charge in [-0.05, 0) is 12.1 Å². The van der Waals surface area contributed by atoms with Gasteiger partial charge in [0.15, 0.2) is 0 Å². The molecule has 70 valence electrons. The minimum Gasteiger partial charge on any atom is -0.870 e. The van der Waals surface area contributed by atoms with Gasteiger partial charge in [0.2, 0.25) is 0 Å². The summed E-state index contributed by atoms with van der Waals surface area (Å²) in [5.41, 5.74) is 0. The van der Waals surface area contributed by atoms with Crippen LogP contribution in [-0.4, -0.2) is 47.0 Å². The fourth-order valence-electron chi connectivity index (χ4n) is 0.592. The summed E-state index contributed by atoms with van der Waals surface area (Å²) in [6, 6.07) is 7.42. The molecule has 1 aromatic rings. The molecule has 0 bridgehead atoms. The van der Waals surface area contributed by atoms with E-state index in [1.54, 1.807) is 18.2 Å². The molecule has 0 aliphatic heterocycles. The van der Waals surface area contributed by atoms with E-state index in [2.05, 4.69) is 0 Å². The molecular formula is C6H8MgO5S. The maximum absolute atomic E-state index is 10.4. The third kappa shape index (κ3) is 5.96. The van der Waals surface area contributed by atoms with Crippen LogP contribution in [0.2, 0.25) is 0 Å². The first-order valence-corrected chi connectivity index (χ1v) is 4.07. The van der Waals surface area contributed by atoms with Crippen molar-refractivity contribution in [2.24, 2.45) is 0 Å². The standard InChI is InChI=1S/C6H6O3S.Mg.2H2O/c7-10(8,9)6-4-2-1-3-5-6;;;/h1-5H,(H,7,8,9);;2*1H2/q;+2;;/p-2. The average Bonchev–Trinajstić information content (AvgIpc) is 1.88. The van der Waals surface area contributed by atoms with Gasteiger partial charge in [-0.1, -0.05) is 18.2 Å². The predicted octanol–water partition coefficient (Wildman–Crippen LogP) is 0.199. The van der Waals surface area contributed by atoms with Crippen molar-refractivity contribution in [2.75, 3.05) is 0 Å². The molecule has 0 unspecified atom stereocenters. The Labute approximate surface area is 92.3 Å². The van der Waals surface area contributed by atoms with E-state index in [4.69, 9.17) is 4.55 Å². The summed E-state index contributed by atoms with van der Waals surface area (Å²) in [6.45, 7) is 0. The van der Waals surface area contributed by atoms with Crippen LogP contribution in [0.4, 0.5) is 0 Å². The van der Waals surface area contributed by atoms with E-state index in [9.17, 15) is 8.42 Å². The molecule has 0 aromatic heterocycles. The minimum absolute atomic E-state index is 0. The first kappa shape index (κ1) is 18.6. The van der Waals surface area contributed by atoms with Gasteiger partial charge < -0.3 is 11.0 Å². The maximum atomic E-state index is 10.4. The number of rotatable bonds is 1. The molecule has 0 spiro atoms. The van der Waals surface area contributed by atoms with Gasteiger partial charge in [-0.15, -0.1) is 0 Å². The van der Waals surface area contributed by atoms with E-state index >= 15 is 0 Å². The zero-order valence-electron chi connectivity index (χ0n) is 6.66. The third-order valence-electron chi connectivity index (χ3n) is 1.04. The molecular weight excluding hydrogens is 208 g/mol. The zero-order chi connectivity index (χ0) is 7.61. The minimum atomic E-state index is -4.00. The summed E-state index contributed by atoms with van der Waals surface area (Å²) >= 11 is 0. The Morgan fingerprint density at radius 3 is 1.62 bits per heavy atom. The van der Waals surface area contributed by atoms with Crippen molar-refractivity contribution < 1.29 is 23.9 Å². The second kappa shape index (κ2) is 7.24. The van der Waals surface area contributed by atoms with Gasteiger partial charge in [0.05, 0.1) is 4.90 Å². The summed E-state index contributed by atoms with van der Waals surface area (Å²) in [5.74, 6) is 0. The molecule has 7 heteroatoms. The van der Waals surface area contributed by atoms with Crippen LogP contribution in [0.15, 0.2) is 35.2 Å². The molecule has 13 heavy (non-hydrogen) atoms. The van der Waals surface area contributed by atoms with E-state index in [0.29, 0.717) is 0 Å². The van der Waals surface area contributed by atoms with Crippen LogP contribution in [0, 0.1) is 0 Å². The van der Waals surface area contributed by atoms with Gasteiger partial charge in [-0.2, -0.15) is 8.42 Å². The van der Waals surface area contributed by atoms with Gasteiger partial charge in [0, 0.05) is 0 Å². The summed E-state index contributed by atoms with van der Waals surface area (Å²) in [4.78, 5) is -0.0741. The monoisotopic (exact) mass is 216 g/mol. The topological polar surface area (TPSA) is 114 Å². The molecule has 5 nitrogen and oxygen atoms in total. The SMILES string of the molecule is O=S(=O)(O)c1ccccc1.[Mg+2].[OH-].[OH-]. The van der Waals surface area contributed by atoms with Crippen molar-refractivity contribution in [1.82, 2.24) is 0 Å². The fraction of sp³-hybridized carbons (Fsp3) is 0. The fourth-order valence-corrected chi connectivity index (χ4v) is 1.09. The molecule has 0 fully saturated rings. The van der Waals surface area contributed by atoms with Gasteiger partial charge in [0.25, 0.3) is 10.1 Å². The first-order chi connectivity index (χ1) is 4.61. The van der Waals surface area contributed by atoms with Gasteiger partial charge in [0.1, 0.15) is 0 Å². The zero-order valence-corrected chi connectivity index (χ0v) is 8.89. The van der Waals surface area contributed by atoms with Crippen molar-refractivity contribution in [3.8, 4) is 0 Å². The molecule has 3 N–H and O–H groups in total. The molecule has 0 saturated heterocycles. The number of benzene rings is 1. The molecule has 0 amide bonds. The van der Waals surface area contributed by atoms with Crippen molar-refractivity contribution in [3.63, 3.8) is 0 Å². The van der Waals surface area contributed by atoms with Crippen LogP contribution in [0.25, 0.3) is 0 Å². The Morgan fingerprint density at radius 2 is 1.38 bits per heavy atom. The summed E-state index contributed by atoms with van der Waals surface area (Å²) in [6.07, 6.45) is 0. The van der Waals surface area contributed by atoms with Crippen molar-refractivity contribution in [2.45, 2.75) is 4.90 Å². The molecule has 1 aromatic carbocycles. The molecule has 0 heterocycles. The molecule has 1 rings (SSSR count). The molecule has 0 saturated carbocycles. The van der Waals surface area contributed by atoms with Crippen LogP contribution < -0.4 is 0 Å². The quantitative estimate of drug-likeness (QED) is 0.532. The van der Waals surface area contributed by atoms with E-state index in [1.165, 1.54) is 12.1 Å². The Balaban J connectivity index is -0.000000333. The van der Waals surface area contributed by atoms with Crippen LogP contribution in [-0.2, 0) is 10.1 Å².